The predicted octanol–water partition coefficient (Wildman–Crippen LogP) is 3.62. The average Bonchev–Trinajstić information content (AvgIpc) is 2.50. The number of phenols is 1. The normalized spacial score (nSPS) is 10.5. The Kier molecular flexibility index (Phi) is 2.98. The summed E-state index contributed by atoms with van der Waals surface area (Å²) < 4.78 is 0.978. The highest BCUT2D eigenvalue weighted by Gasteiger charge is 2.07. The molecule has 0 aliphatic carbocycles. The molecule has 0 saturated carbocycles. The third-order valence-corrected chi connectivity index (χ3v) is 4.27. The third-order valence-electron chi connectivity index (χ3n) is 2.07. The molecule has 1 aromatic carbocycles. The van der Waals surface area contributed by atoms with Crippen LogP contribution in [0, 0.1) is 13.8 Å². The van der Waals surface area contributed by atoms with Crippen molar-refractivity contribution in [1.29, 1.82) is 0 Å². The minimum absolute atomic E-state index is 0.313. The van der Waals surface area contributed by atoms with Crippen molar-refractivity contribution in [3.63, 3.8) is 0 Å². The van der Waals surface area contributed by atoms with E-state index in [0.29, 0.717) is 5.75 Å². The summed E-state index contributed by atoms with van der Waals surface area (Å²) in [5.41, 5.74) is 1.07. The Morgan fingerprint density at radius 3 is 2.60 bits per heavy atom. The SMILES string of the molecule is Cc1nc(Sc2ccccc2O)sc1C. The van der Waals surface area contributed by atoms with Gasteiger partial charge >= 0.3 is 0 Å². The first-order chi connectivity index (χ1) is 7.16. The fourth-order valence-corrected chi connectivity index (χ4v) is 3.26. The summed E-state index contributed by atoms with van der Waals surface area (Å²) in [5.74, 6) is 0.313. The summed E-state index contributed by atoms with van der Waals surface area (Å²) in [6, 6.07) is 7.31. The molecule has 0 aliphatic heterocycles. The topological polar surface area (TPSA) is 33.1 Å². The molecule has 0 unspecified atom stereocenters. The minimum atomic E-state index is 0.313. The highest BCUT2D eigenvalue weighted by Crippen LogP contribution is 2.36. The van der Waals surface area contributed by atoms with Gasteiger partial charge in [0.2, 0.25) is 0 Å². The molecule has 15 heavy (non-hydrogen) atoms. The lowest BCUT2D eigenvalue weighted by molar-refractivity contribution is 0.462. The number of nitrogens with zero attached hydrogens (tertiary/aromatic N) is 1. The molecule has 2 rings (SSSR count). The summed E-state index contributed by atoms with van der Waals surface area (Å²) in [6.45, 7) is 4.06. The van der Waals surface area contributed by atoms with Gasteiger partial charge in [-0.3, -0.25) is 0 Å². The van der Waals surface area contributed by atoms with E-state index in [4.69, 9.17) is 0 Å². The minimum Gasteiger partial charge on any atom is -0.507 e. The van der Waals surface area contributed by atoms with E-state index in [1.54, 1.807) is 17.4 Å². The number of hydrogen-bond donors (Lipinski definition) is 1. The van der Waals surface area contributed by atoms with E-state index in [1.165, 1.54) is 16.6 Å². The van der Waals surface area contributed by atoms with E-state index in [1.807, 2.05) is 25.1 Å². The van der Waals surface area contributed by atoms with Crippen LogP contribution >= 0.6 is 23.1 Å². The van der Waals surface area contributed by atoms with Crippen LogP contribution < -0.4 is 0 Å². The lowest BCUT2D eigenvalue weighted by Crippen LogP contribution is -1.75. The second kappa shape index (κ2) is 4.24. The van der Waals surface area contributed by atoms with Gasteiger partial charge in [-0.1, -0.05) is 23.9 Å². The third kappa shape index (κ3) is 2.33. The molecule has 2 aromatic rings. The highest BCUT2D eigenvalue weighted by atomic mass is 32.2. The summed E-state index contributed by atoms with van der Waals surface area (Å²) >= 11 is 3.17. The molecule has 1 N–H and O–H groups in total. The van der Waals surface area contributed by atoms with Crippen molar-refractivity contribution in [3.8, 4) is 5.75 Å². The van der Waals surface area contributed by atoms with E-state index in [-0.39, 0.29) is 0 Å². The van der Waals surface area contributed by atoms with Crippen LogP contribution in [0.15, 0.2) is 33.5 Å². The first kappa shape index (κ1) is 10.5. The smallest absolute Gasteiger partial charge is 0.155 e. The Balaban J connectivity index is 2.26. The van der Waals surface area contributed by atoms with Crippen LogP contribution in [0.5, 0.6) is 5.75 Å². The van der Waals surface area contributed by atoms with Crippen molar-refractivity contribution in [2.75, 3.05) is 0 Å². The zero-order valence-electron chi connectivity index (χ0n) is 8.52. The zero-order valence-corrected chi connectivity index (χ0v) is 10.2. The number of rotatable bonds is 2. The molecular weight excluding hydrogens is 226 g/mol. The van der Waals surface area contributed by atoms with Gasteiger partial charge < -0.3 is 5.11 Å². The molecule has 2 nitrogen and oxygen atoms in total. The summed E-state index contributed by atoms with van der Waals surface area (Å²) in [4.78, 5) is 6.50. The average molecular weight is 237 g/mol. The van der Waals surface area contributed by atoms with Crippen molar-refractivity contribution < 1.29 is 5.11 Å². The van der Waals surface area contributed by atoms with E-state index >= 15 is 0 Å². The van der Waals surface area contributed by atoms with E-state index < -0.39 is 0 Å². The Labute approximate surface area is 97.0 Å². The number of aryl methyl sites for hydroxylation is 2. The fourth-order valence-electron chi connectivity index (χ4n) is 1.12. The number of para-hydroxylation sites is 1. The van der Waals surface area contributed by atoms with Gasteiger partial charge in [-0.2, -0.15) is 0 Å². The number of hydrogen-bond acceptors (Lipinski definition) is 4. The lowest BCUT2D eigenvalue weighted by Gasteiger charge is -1.99. The molecule has 0 aliphatic rings. The monoisotopic (exact) mass is 237 g/mol. The van der Waals surface area contributed by atoms with Gasteiger partial charge in [0, 0.05) is 4.88 Å². The molecule has 78 valence electrons. The first-order valence-corrected chi connectivity index (χ1v) is 6.20. The first-order valence-electron chi connectivity index (χ1n) is 4.56. The molecule has 4 heteroatoms. The maximum Gasteiger partial charge on any atom is 0.155 e. The molecule has 0 fully saturated rings. The van der Waals surface area contributed by atoms with Gasteiger partial charge in [0.1, 0.15) is 5.75 Å². The fraction of sp³-hybridized carbons (Fsp3) is 0.182. The van der Waals surface area contributed by atoms with Crippen molar-refractivity contribution in [1.82, 2.24) is 4.98 Å². The number of phenolic OH excluding ortho intramolecular Hbond substituents is 1. The maximum absolute atomic E-state index is 9.60. The summed E-state index contributed by atoms with van der Waals surface area (Å²) in [5, 5.41) is 9.60. The van der Waals surface area contributed by atoms with Crippen LogP contribution in [0.1, 0.15) is 10.6 Å². The van der Waals surface area contributed by atoms with Crippen LogP contribution in [-0.4, -0.2) is 10.1 Å². The summed E-state index contributed by atoms with van der Waals surface area (Å²) in [7, 11) is 0. The molecular formula is C11H11NOS2. The van der Waals surface area contributed by atoms with Crippen LogP contribution in [-0.2, 0) is 0 Å². The van der Waals surface area contributed by atoms with Crippen LogP contribution in [0.3, 0.4) is 0 Å². The van der Waals surface area contributed by atoms with Crippen molar-refractivity contribution >= 4 is 23.1 Å². The predicted molar refractivity (Wildman–Crippen MR) is 63.8 cm³/mol. The molecule has 0 amide bonds. The second-order valence-corrected chi connectivity index (χ2v) is 5.68. The Bertz CT molecular complexity index is 460. The number of aromatic hydroxyl groups is 1. The number of thiazole rings is 1. The Morgan fingerprint density at radius 2 is 2.00 bits per heavy atom. The van der Waals surface area contributed by atoms with Crippen molar-refractivity contribution in [3.05, 3.63) is 34.8 Å². The molecule has 1 aromatic heterocycles. The van der Waals surface area contributed by atoms with E-state index in [0.717, 1.165) is 14.9 Å². The van der Waals surface area contributed by atoms with E-state index in [9.17, 15) is 5.11 Å². The van der Waals surface area contributed by atoms with Crippen molar-refractivity contribution in [2.45, 2.75) is 23.1 Å². The lowest BCUT2D eigenvalue weighted by atomic mass is 10.3. The largest absolute Gasteiger partial charge is 0.507 e. The van der Waals surface area contributed by atoms with Gasteiger partial charge in [0.05, 0.1) is 10.6 Å². The maximum atomic E-state index is 9.60. The zero-order chi connectivity index (χ0) is 10.8. The van der Waals surface area contributed by atoms with E-state index in [2.05, 4.69) is 11.9 Å². The Morgan fingerprint density at radius 1 is 1.27 bits per heavy atom. The van der Waals surface area contributed by atoms with Gasteiger partial charge in [-0.05, 0) is 26.0 Å². The van der Waals surface area contributed by atoms with Crippen LogP contribution in [0.25, 0.3) is 0 Å². The van der Waals surface area contributed by atoms with Crippen LogP contribution in [0.4, 0.5) is 0 Å². The molecule has 0 spiro atoms. The summed E-state index contributed by atoms with van der Waals surface area (Å²) in [6.07, 6.45) is 0. The quantitative estimate of drug-likeness (QED) is 0.866. The number of aromatic nitrogens is 1. The second-order valence-electron chi connectivity index (χ2n) is 3.19. The van der Waals surface area contributed by atoms with Crippen molar-refractivity contribution in [2.24, 2.45) is 0 Å². The Hall–Kier alpha value is -1.00. The molecule has 0 bridgehead atoms. The van der Waals surface area contributed by atoms with Gasteiger partial charge in [0.25, 0.3) is 0 Å². The number of benzene rings is 1. The molecule has 0 atom stereocenters. The molecule has 1 heterocycles. The molecule has 0 radical (unpaired) electrons. The van der Waals surface area contributed by atoms with Gasteiger partial charge in [-0.15, -0.1) is 11.3 Å². The standard InChI is InChI=1S/C11H11NOS2/c1-7-8(2)14-11(12-7)15-10-6-4-3-5-9(10)13/h3-6,13H,1-2H3. The molecule has 0 saturated heterocycles. The van der Waals surface area contributed by atoms with Crippen LogP contribution in [0.2, 0.25) is 0 Å². The van der Waals surface area contributed by atoms with Gasteiger partial charge in [0.15, 0.2) is 4.34 Å². The van der Waals surface area contributed by atoms with Gasteiger partial charge in [-0.25, -0.2) is 4.98 Å². The highest BCUT2D eigenvalue weighted by molar-refractivity contribution is 8.01.